The second-order valence-corrected chi connectivity index (χ2v) is 8.48. The van der Waals surface area contributed by atoms with Crippen LogP contribution in [-0.2, 0) is 28.9 Å². The zero-order chi connectivity index (χ0) is 21.3. The van der Waals surface area contributed by atoms with E-state index in [1.54, 1.807) is 27.1 Å². The molecule has 0 atom stereocenters. The number of rotatable bonds is 6. The van der Waals surface area contributed by atoms with Gasteiger partial charge in [0, 0.05) is 26.3 Å². The van der Waals surface area contributed by atoms with E-state index < -0.39 is 28.3 Å². The van der Waals surface area contributed by atoms with Crippen molar-refractivity contribution in [1.82, 2.24) is 13.4 Å². The topological polar surface area (TPSA) is 93.4 Å². The molecule has 29 heavy (non-hydrogen) atoms. The van der Waals surface area contributed by atoms with Crippen molar-refractivity contribution in [2.24, 2.45) is 14.1 Å². The van der Waals surface area contributed by atoms with Gasteiger partial charge >= 0.3 is 5.69 Å². The molecule has 0 saturated heterocycles. The van der Waals surface area contributed by atoms with E-state index in [1.165, 1.54) is 45.5 Å². The highest BCUT2D eigenvalue weighted by Crippen LogP contribution is 2.21. The molecule has 0 radical (unpaired) electrons. The summed E-state index contributed by atoms with van der Waals surface area (Å²) in [6, 6.07) is 9.58. The number of nitrogens with one attached hydrogen (secondary N) is 1. The quantitative estimate of drug-likeness (QED) is 0.656. The van der Waals surface area contributed by atoms with Crippen molar-refractivity contribution in [2.45, 2.75) is 11.8 Å². The first-order chi connectivity index (χ1) is 13.6. The molecule has 1 aromatic heterocycles. The van der Waals surface area contributed by atoms with Gasteiger partial charge < -0.3 is 5.32 Å². The molecule has 0 saturated carbocycles. The maximum absolute atomic E-state index is 13.0. The van der Waals surface area contributed by atoms with E-state index in [9.17, 15) is 22.4 Å². The molecule has 0 bridgehead atoms. The number of aromatic nitrogens is 2. The van der Waals surface area contributed by atoms with E-state index in [2.05, 4.69) is 5.32 Å². The molecule has 0 aliphatic carbocycles. The molecule has 1 amide bonds. The fourth-order valence-corrected chi connectivity index (χ4v) is 4.48. The number of imidazole rings is 1. The smallest absolute Gasteiger partial charge is 0.325 e. The summed E-state index contributed by atoms with van der Waals surface area (Å²) in [5, 5.41) is 2.55. The first kappa shape index (κ1) is 20.7. The summed E-state index contributed by atoms with van der Waals surface area (Å²) >= 11 is 0. The van der Waals surface area contributed by atoms with Gasteiger partial charge in [-0.25, -0.2) is 17.6 Å². The standard InChI is InChI=1S/C19H21FN4O4S/c1-4-24(12-18(25)21-14-7-5-13(20)6-8-14)29(27,28)15-9-10-16-17(11-15)23(3)19(26)22(16)2/h5-11H,4,12H2,1-3H3,(H,21,25). The van der Waals surface area contributed by atoms with Gasteiger partial charge in [-0.2, -0.15) is 4.31 Å². The Morgan fingerprint density at radius 1 is 1.07 bits per heavy atom. The number of likely N-dealkylation sites (N-methyl/N-ethyl adjacent to an activating group) is 1. The van der Waals surface area contributed by atoms with Gasteiger partial charge in [0.15, 0.2) is 0 Å². The van der Waals surface area contributed by atoms with Gasteiger partial charge in [0.05, 0.1) is 22.5 Å². The van der Waals surface area contributed by atoms with Crippen molar-refractivity contribution in [1.29, 1.82) is 0 Å². The van der Waals surface area contributed by atoms with Crippen molar-refractivity contribution >= 4 is 32.7 Å². The molecule has 1 heterocycles. The highest BCUT2D eigenvalue weighted by Gasteiger charge is 2.26. The number of benzene rings is 2. The van der Waals surface area contributed by atoms with Crippen LogP contribution in [0.25, 0.3) is 11.0 Å². The number of anilines is 1. The summed E-state index contributed by atoms with van der Waals surface area (Å²) in [5.41, 5.74) is 1.19. The second kappa shape index (κ2) is 7.80. The largest absolute Gasteiger partial charge is 0.328 e. The van der Waals surface area contributed by atoms with E-state index in [-0.39, 0.29) is 17.1 Å². The van der Waals surface area contributed by atoms with Crippen LogP contribution in [0, 0.1) is 5.82 Å². The maximum atomic E-state index is 13.0. The predicted molar refractivity (Wildman–Crippen MR) is 108 cm³/mol. The van der Waals surface area contributed by atoms with Crippen LogP contribution in [-0.4, -0.2) is 40.9 Å². The van der Waals surface area contributed by atoms with Crippen molar-refractivity contribution in [3.63, 3.8) is 0 Å². The predicted octanol–water partition coefficient (Wildman–Crippen LogP) is 1.67. The first-order valence-corrected chi connectivity index (χ1v) is 10.3. The number of halogens is 1. The van der Waals surface area contributed by atoms with E-state index in [0.29, 0.717) is 16.7 Å². The Balaban J connectivity index is 1.87. The summed E-state index contributed by atoms with van der Waals surface area (Å²) in [5.74, 6) is -0.985. The highest BCUT2D eigenvalue weighted by molar-refractivity contribution is 7.89. The average Bonchev–Trinajstić information content (AvgIpc) is 2.91. The Kier molecular flexibility index (Phi) is 5.58. The SMILES string of the molecule is CCN(CC(=O)Nc1ccc(F)cc1)S(=O)(=O)c1ccc2c(c1)n(C)c(=O)n2C. The zero-order valence-electron chi connectivity index (χ0n) is 16.2. The number of fused-ring (bicyclic) bond motifs is 1. The molecular weight excluding hydrogens is 399 g/mol. The first-order valence-electron chi connectivity index (χ1n) is 8.86. The molecule has 3 aromatic rings. The number of aryl methyl sites for hydroxylation is 2. The Hall–Kier alpha value is -2.98. The number of carbonyl (C=O) groups excluding carboxylic acids is 1. The zero-order valence-corrected chi connectivity index (χ0v) is 17.0. The minimum Gasteiger partial charge on any atom is -0.325 e. The molecule has 1 N–H and O–H groups in total. The van der Waals surface area contributed by atoms with Crippen LogP contribution >= 0.6 is 0 Å². The molecule has 8 nitrogen and oxygen atoms in total. The lowest BCUT2D eigenvalue weighted by atomic mass is 10.3. The van der Waals surface area contributed by atoms with Gasteiger partial charge in [-0.05, 0) is 42.5 Å². The highest BCUT2D eigenvalue weighted by atomic mass is 32.2. The Morgan fingerprint density at radius 3 is 2.31 bits per heavy atom. The van der Waals surface area contributed by atoms with Crippen molar-refractivity contribution < 1.29 is 17.6 Å². The van der Waals surface area contributed by atoms with E-state index in [0.717, 1.165) is 4.31 Å². The van der Waals surface area contributed by atoms with Gasteiger partial charge in [-0.3, -0.25) is 13.9 Å². The Labute approximate surface area is 167 Å². The molecule has 0 unspecified atom stereocenters. The van der Waals surface area contributed by atoms with Crippen LogP contribution in [0.5, 0.6) is 0 Å². The van der Waals surface area contributed by atoms with Crippen LogP contribution in [0.1, 0.15) is 6.92 Å². The van der Waals surface area contributed by atoms with E-state index >= 15 is 0 Å². The number of amides is 1. The molecule has 154 valence electrons. The fraction of sp³-hybridized carbons (Fsp3) is 0.263. The summed E-state index contributed by atoms with van der Waals surface area (Å²) in [4.78, 5) is 24.4. The number of sulfonamides is 1. The summed E-state index contributed by atoms with van der Waals surface area (Å²) in [7, 11) is -0.797. The molecule has 0 aliphatic heterocycles. The number of hydrogen-bond acceptors (Lipinski definition) is 4. The second-order valence-electron chi connectivity index (χ2n) is 6.54. The Bertz CT molecular complexity index is 1230. The molecular formula is C19H21FN4O4S. The lowest BCUT2D eigenvalue weighted by molar-refractivity contribution is -0.116. The minimum absolute atomic E-state index is 0.0115. The molecule has 2 aromatic carbocycles. The monoisotopic (exact) mass is 420 g/mol. The van der Waals surface area contributed by atoms with Gasteiger partial charge in [-0.15, -0.1) is 0 Å². The van der Waals surface area contributed by atoms with Gasteiger partial charge in [0.25, 0.3) is 0 Å². The van der Waals surface area contributed by atoms with Crippen LogP contribution in [0.4, 0.5) is 10.1 Å². The van der Waals surface area contributed by atoms with Crippen LogP contribution < -0.4 is 11.0 Å². The number of nitrogens with zero attached hydrogens (tertiary/aromatic N) is 3. The van der Waals surface area contributed by atoms with Crippen molar-refractivity contribution in [3.8, 4) is 0 Å². The molecule has 10 heteroatoms. The molecule has 3 rings (SSSR count). The van der Waals surface area contributed by atoms with Crippen LogP contribution in [0.2, 0.25) is 0 Å². The van der Waals surface area contributed by atoms with Crippen molar-refractivity contribution in [2.75, 3.05) is 18.4 Å². The summed E-state index contributed by atoms with van der Waals surface area (Å²) < 4.78 is 42.9. The normalized spacial score (nSPS) is 11.9. The minimum atomic E-state index is -3.97. The van der Waals surface area contributed by atoms with Crippen molar-refractivity contribution in [3.05, 3.63) is 58.8 Å². The third kappa shape index (κ3) is 3.94. The molecule has 0 aliphatic rings. The van der Waals surface area contributed by atoms with Gasteiger partial charge in [0.2, 0.25) is 15.9 Å². The van der Waals surface area contributed by atoms with E-state index in [4.69, 9.17) is 0 Å². The third-order valence-electron chi connectivity index (χ3n) is 4.68. The number of hydrogen-bond donors (Lipinski definition) is 1. The molecule has 0 spiro atoms. The van der Waals surface area contributed by atoms with Crippen LogP contribution in [0.15, 0.2) is 52.2 Å². The van der Waals surface area contributed by atoms with Gasteiger partial charge in [-0.1, -0.05) is 6.92 Å². The fourth-order valence-electron chi connectivity index (χ4n) is 3.06. The van der Waals surface area contributed by atoms with Gasteiger partial charge in [0.1, 0.15) is 5.82 Å². The van der Waals surface area contributed by atoms with Crippen LogP contribution in [0.3, 0.4) is 0 Å². The lowest BCUT2D eigenvalue weighted by Gasteiger charge is -2.20. The average molecular weight is 420 g/mol. The maximum Gasteiger partial charge on any atom is 0.328 e. The third-order valence-corrected chi connectivity index (χ3v) is 6.60. The summed E-state index contributed by atoms with van der Waals surface area (Å²) in [6.07, 6.45) is 0. The number of carbonyl (C=O) groups is 1. The lowest BCUT2D eigenvalue weighted by Crippen LogP contribution is -2.37. The Morgan fingerprint density at radius 2 is 1.69 bits per heavy atom. The molecule has 0 fully saturated rings. The summed E-state index contributed by atoms with van der Waals surface area (Å²) in [6.45, 7) is 1.30. The van der Waals surface area contributed by atoms with E-state index in [1.807, 2.05) is 0 Å².